The lowest BCUT2D eigenvalue weighted by atomic mass is 10.2. The zero-order valence-corrected chi connectivity index (χ0v) is 14.6. The molecule has 1 aliphatic rings. The van der Waals surface area contributed by atoms with Gasteiger partial charge in [-0.15, -0.1) is 0 Å². The molecule has 2 amide bonds. The van der Waals surface area contributed by atoms with Gasteiger partial charge in [0, 0.05) is 12.2 Å². The summed E-state index contributed by atoms with van der Waals surface area (Å²) < 4.78 is 22.6. The summed E-state index contributed by atoms with van der Waals surface area (Å²) in [6.07, 6.45) is 0.0259. The zero-order valence-electron chi connectivity index (χ0n) is 13.8. The molecule has 8 nitrogen and oxygen atoms in total. The predicted molar refractivity (Wildman–Crippen MR) is 96.4 cm³/mol. The molecule has 2 aromatic carbocycles. The molecule has 1 aliphatic heterocycles. The van der Waals surface area contributed by atoms with Crippen molar-refractivity contribution in [2.45, 2.75) is 23.9 Å². The lowest BCUT2D eigenvalue weighted by Crippen LogP contribution is -2.38. The summed E-state index contributed by atoms with van der Waals surface area (Å²) >= 11 is 0. The summed E-state index contributed by atoms with van der Waals surface area (Å²) in [4.78, 5) is 25.8. The van der Waals surface area contributed by atoms with Gasteiger partial charge in [-0.3, -0.25) is 9.59 Å². The number of nitrogens with one attached hydrogen (secondary N) is 1. The first kappa shape index (κ1) is 18.1. The van der Waals surface area contributed by atoms with Crippen LogP contribution >= 0.6 is 0 Å². The van der Waals surface area contributed by atoms with Gasteiger partial charge in [0.05, 0.1) is 23.0 Å². The maximum atomic E-state index is 12.6. The Bertz CT molecular complexity index is 957. The van der Waals surface area contributed by atoms with Crippen molar-refractivity contribution in [3.63, 3.8) is 0 Å². The van der Waals surface area contributed by atoms with Crippen LogP contribution < -0.4 is 21.1 Å². The number of sulfonamides is 1. The Morgan fingerprint density at radius 1 is 1.12 bits per heavy atom. The van der Waals surface area contributed by atoms with Crippen LogP contribution in [0.1, 0.15) is 12.0 Å². The Kier molecular flexibility index (Phi) is 4.77. The first-order valence-corrected chi connectivity index (χ1v) is 9.38. The first-order chi connectivity index (χ1) is 12.3. The highest BCUT2D eigenvalue weighted by Crippen LogP contribution is 2.24. The highest BCUT2D eigenvalue weighted by Gasteiger charge is 2.39. The number of hydrogen-bond donors (Lipinski definition) is 3. The quantitative estimate of drug-likeness (QED) is 0.510. The molecule has 26 heavy (non-hydrogen) atoms. The van der Waals surface area contributed by atoms with Gasteiger partial charge in [0.25, 0.3) is 5.91 Å². The monoisotopic (exact) mass is 374 g/mol. The summed E-state index contributed by atoms with van der Waals surface area (Å²) in [6, 6.07) is 11.9. The normalized spacial score (nSPS) is 17.7. The molecule has 0 radical (unpaired) electrons. The van der Waals surface area contributed by atoms with Gasteiger partial charge in [0.1, 0.15) is 0 Å². The van der Waals surface area contributed by atoms with E-state index in [0.717, 1.165) is 10.5 Å². The van der Waals surface area contributed by atoms with E-state index in [1.54, 1.807) is 12.1 Å². The fourth-order valence-corrected chi connectivity index (χ4v) is 3.31. The number of benzene rings is 2. The number of rotatable bonds is 5. The fourth-order valence-electron chi connectivity index (χ4n) is 2.79. The molecule has 136 valence electrons. The van der Waals surface area contributed by atoms with Crippen molar-refractivity contribution >= 4 is 33.2 Å². The van der Waals surface area contributed by atoms with E-state index >= 15 is 0 Å². The van der Waals surface area contributed by atoms with E-state index < -0.39 is 16.1 Å². The predicted octanol–water partition coefficient (Wildman–Crippen LogP) is 0.338. The van der Waals surface area contributed by atoms with Gasteiger partial charge in [0.2, 0.25) is 15.9 Å². The molecule has 1 atom stereocenters. The van der Waals surface area contributed by atoms with Crippen LogP contribution in [0.4, 0.5) is 11.4 Å². The minimum atomic E-state index is -3.83. The number of carbonyl (C=O) groups excluding carboxylic acids is 2. The van der Waals surface area contributed by atoms with Crippen LogP contribution in [0, 0.1) is 0 Å². The van der Waals surface area contributed by atoms with Crippen molar-refractivity contribution in [2.24, 2.45) is 5.14 Å². The maximum Gasteiger partial charge on any atom is 0.251 e. The van der Waals surface area contributed by atoms with Crippen LogP contribution in [0.3, 0.4) is 0 Å². The number of hydrogen-bond acceptors (Lipinski definition) is 6. The van der Waals surface area contributed by atoms with Crippen LogP contribution in [0.2, 0.25) is 0 Å². The zero-order chi connectivity index (χ0) is 18.9. The number of anilines is 2. The number of primary sulfonamides is 1. The van der Waals surface area contributed by atoms with Crippen LogP contribution in [-0.4, -0.2) is 26.3 Å². The second-order valence-corrected chi connectivity index (χ2v) is 7.55. The van der Waals surface area contributed by atoms with E-state index in [-0.39, 0.29) is 23.1 Å². The lowest BCUT2D eigenvalue weighted by Gasteiger charge is -2.16. The molecule has 5 N–H and O–H groups in total. The number of nitrogens with zero attached hydrogens (tertiary/aromatic N) is 1. The molecule has 0 aromatic heterocycles. The number of nitrogen functional groups attached to an aromatic ring is 1. The minimum Gasteiger partial charge on any atom is -0.399 e. The Labute approximate surface area is 150 Å². The Hall–Kier alpha value is -2.75. The molecule has 0 bridgehead atoms. The molecule has 9 heteroatoms. The third-order valence-electron chi connectivity index (χ3n) is 4.07. The van der Waals surface area contributed by atoms with E-state index in [0.29, 0.717) is 17.9 Å². The minimum absolute atomic E-state index is 0.0259. The molecular formula is C17H18N4O4S. The second kappa shape index (κ2) is 6.87. The summed E-state index contributed by atoms with van der Waals surface area (Å²) in [5, 5.41) is 8.11. The average Bonchev–Trinajstić information content (AvgIpc) is 2.86. The molecule has 0 spiro atoms. The topological polar surface area (TPSA) is 136 Å². The highest BCUT2D eigenvalue weighted by molar-refractivity contribution is 7.89. The van der Waals surface area contributed by atoms with Gasteiger partial charge in [-0.05, 0) is 42.0 Å². The second-order valence-electron chi connectivity index (χ2n) is 5.99. The van der Waals surface area contributed by atoms with Gasteiger partial charge in [-0.1, -0.05) is 12.1 Å². The largest absolute Gasteiger partial charge is 0.399 e. The van der Waals surface area contributed by atoms with Crippen molar-refractivity contribution in [1.82, 2.24) is 5.32 Å². The van der Waals surface area contributed by atoms with E-state index in [4.69, 9.17) is 10.9 Å². The fraction of sp³-hybridized carbons (Fsp3) is 0.176. The maximum absolute atomic E-state index is 12.6. The van der Waals surface area contributed by atoms with Crippen LogP contribution in [0.15, 0.2) is 53.4 Å². The van der Waals surface area contributed by atoms with Crippen LogP contribution in [0.5, 0.6) is 0 Å². The van der Waals surface area contributed by atoms with E-state index in [1.807, 2.05) is 12.1 Å². The highest BCUT2D eigenvalue weighted by atomic mass is 32.2. The van der Waals surface area contributed by atoms with Crippen molar-refractivity contribution < 1.29 is 18.0 Å². The van der Waals surface area contributed by atoms with Crippen LogP contribution in [-0.2, 0) is 26.2 Å². The first-order valence-electron chi connectivity index (χ1n) is 7.83. The summed E-state index contributed by atoms with van der Waals surface area (Å²) in [5.74, 6) is -0.745. The molecule has 1 heterocycles. The van der Waals surface area contributed by atoms with Gasteiger partial charge in [0.15, 0.2) is 0 Å². The number of carbonyl (C=O) groups is 2. The van der Waals surface area contributed by atoms with Gasteiger partial charge < -0.3 is 11.1 Å². The van der Waals surface area contributed by atoms with Gasteiger partial charge in [-0.2, -0.15) is 0 Å². The molecule has 0 saturated carbocycles. The lowest BCUT2D eigenvalue weighted by molar-refractivity contribution is -0.121. The molecular weight excluding hydrogens is 356 g/mol. The number of imide groups is 1. The van der Waals surface area contributed by atoms with Crippen molar-refractivity contribution in [3.05, 3.63) is 54.1 Å². The summed E-state index contributed by atoms with van der Waals surface area (Å²) in [6.45, 7) is 0.396. The van der Waals surface area contributed by atoms with Crippen molar-refractivity contribution in [3.8, 4) is 0 Å². The Morgan fingerprint density at radius 2 is 1.81 bits per heavy atom. The number of nitrogens with two attached hydrogens (primary N) is 2. The molecule has 0 aliphatic carbocycles. The average molecular weight is 374 g/mol. The molecule has 3 rings (SSSR count). The SMILES string of the molecule is Nc1cccc(CNC2CC(=O)N(c3ccc(S(N)(=O)=O)cc3)C2=O)c1. The Balaban J connectivity index is 1.72. The third kappa shape index (κ3) is 3.74. The molecule has 1 saturated heterocycles. The van der Waals surface area contributed by atoms with E-state index in [1.165, 1.54) is 24.3 Å². The van der Waals surface area contributed by atoms with Crippen molar-refractivity contribution in [2.75, 3.05) is 10.6 Å². The van der Waals surface area contributed by atoms with Crippen molar-refractivity contribution in [1.29, 1.82) is 0 Å². The Morgan fingerprint density at radius 3 is 2.42 bits per heavy atom. The summed E-state index contributed by atoms with van der Waals surface area (Å²) in [7, 11) is -3.83. The van der Waals surface area contributed by atoms with Gasteiger partial charge >= 0.3 is 0 Å². The molecule has 1 fully saturated rings. The van der Waals surface area contributed by atoms with E-state index in [2.05, 4.69) is 5.32 Å². The summed E-state index contributed by atoms with van der Waals surface area (Å²) in [5.41, 5.74) is 7.55. The number of amides is 2. The smallest absolute Gasteiger partial charge is 0.251 e. The third-order valence-corrected chi connectivity index (χ3v) is 5.00. The van der Waals surface area contributed by atoms with Crippen LogP contribution in [0.25, 0.3) is 0 Å². The molecule has 1 unspecified atom stereocenters. The molecule has 2 aromatic rings. The standard InChI is InChI=1S/C17H18N4O4S/c18-12-3-1-2-11(8-12)10-20-15-9-16(22)21(17(15)23)13-4-6-14(7-5-13)26(19,24)25/h1-8,15,20H,9-10,18H2,(H2,19,24,25). The van der Waals surface area contributed by atoms with Gasteiger partial charge in [-0.25, -0.2) is 18.5 Å². The van der Waals surface area contributed by atoms with E-state index in [9.17, 15) is 18.0 Å².